The zero-order valence-corrected chi connectivity index (χ0v) is 12.5. The van der Waals surface area contributed by atoms with Crippen LogP contribution in [0.15, 0.2) is 22.4 Å². The molecule has 0 atom stereocenters. The highest BCUT2D eigenvalue weighted by Gasteiger charge is 2.23. The highest BCUT2D eigenvalue weighted by molar-refractivity contribution is 9.10. The lowest BCUT2D eigenvalue weighted by Crippen LogP contribution is -2.26. The van der Waals surface area contributed by atoms with E-state index in [1.807, 2.05) is 0 Å². The molecule has 1 aromatic rings. The number of H-pyrrole nitrogens is 1. The molecule has 7 nitrogen and oxygen atoms in total. The Bertz CT molecular complexity index is 490. The third kappa shape index (κ3) is 3.87. The largest absolute Gasteiger partial charge is 0.366 e. The van der Waals surface area contributed by atoms with E-state index in [0.717, 1.165) is 21.8 Å². The zero-order valence-electron chi connectivity index (χ0n) is 10.1. The van der Waals surface area contributed by atoms with Crippen LogP contribution in [0.1, 0.15) is 12.1 Å². The summed E-state index contributed by atoms with van der Waals surface area (Å²) in [7, 11) is 0. The molecule has 1 aromatic heterocycles. The van der Waals surface area contributed by atoms with Gasteiger partial charge in [-0.15, -0.1) is 0 Å². The number of nitrogens with zero attached hydrogens (tertiary/aromatic N) is 2. The van der Waals surface area contributed by atoms with E-state index in [1.165, 1.54) is 0 Å². The average Bonchev–Trinajstić information content (AvgIpc) is 2.98. The Hall–Kier alpha value is -1.22. The number of rotatable bonds is 7. The van der Waals surface area contributed by atoms with Crippen molar-refractivity contribution in [2.45, 2.75) is 12.2 Å². The quantitative estimate of drug-likeness (QED) is 0.392. The van der Waals surface area contributed by atoms with Crippen LogP contribution < -0.4 is 10.6 Å². The van der Waals surface area contributed by atoms with Gasteiger partial charge >= 0.3 is 0 Å². The van der Waals surface area contributed by atoms with Crippen LogP contribution in [0.5, 0.6) is 0 Å². The Morgan fingerprint density at radius 2 is 2.47 bits per heavy atom. The summed E-state index contributed by atoms with van der Waals surface area (Å²) >= 11 is 5.08. The fourth-order valence-corrected chi connectivity index (χ4v) is 3.07. The molecule has 3 N–H and O–H groups in total. The summed E-state index contributed by atoms with van der Waals surface area (Å²) in [6.45, 7) is 1.32. The van der Waals surface area contributed by atoms with Gasteiger partial charge in [-0.2, -0.15) is 11.8 Å². The lowest BCUT2D eigenvalue weighted by molar-refractivity contribution is -0.427. The first-order chi connectivity index (χ1) is 9.18. The molecule has 1 aliphatic rings. The molecule has 0 unspecified atom stereocenters. The molecular formula is C10H14BrN5O2S. The van der Waals surface area contributed by atoms with E-state index in [0.29, 0.717) is 25.3 Å². The molecule has 0 spiro atoms. The fourth-order valence-electron chi connectivity index (χ4n) is 1.71. The predicted octanol–water partition coefficient (Wildman–Crippen LogP) is 1.43. The van der Waals surface area contributed by atoms with Gasteiger partial charge in [-0.05, 0) is 15.9 Å². The monoisotopic (exact) mass is 347 g/mol. The second kappa shape index (κ2) is 6.80. The molecule has 0 fully saturated rings. The minimum absolute atomic E-state index is 0.251. The summed E-state index contributed by atoms with van der Waals surface area (Å²) in [5.41, 5.74) is 1.30. The van der Waals surface area contributed by atoms with Gasteiger partial charge in [-0.25, -0.2) is 4.98 Å². The van der Waals surface area contributed by atoms with Gasteiger partial charge in [0.15, 0.2) is 5.82 Å². The average molecular weight is 348 g/mol. The molecule has 19 heavy (non-hydrogen) atoms. The van der Waals surface area contributed by atoms with Gasteiger partial charge in [0.1, 0.15) is 4.60 Å². The van der Waals surface area contributed by atoms with E-state index < -0.39 is 0 Å². The molecule has 0 aliphatic carbocycles. The first kappa shape index (κ1) is 14.2. The Morgan fingerprint density at radius 3 is 3.16 bits per heavy atom. The molecule has 0 bridgehead atoms. The third-order valence-electron chi connectivity index (χ3n) is 2.63. The summed E-state index contributed by atoms with van der Waals surface area (Å²) < 4.78 is 0.837. The smallest absolute Gasteiger partial charge is 0.287 e. The second-order valence-corrected chi connectivity index (χ2v) is 5.76. The van der Waals surface area contributed by atoms with Crippen LogP contribution in [0.2, 0.25) is 0 Å². The maximum Gasteiger partial charge on any atom is 0.287 e. The minimum atomic E-state index is -0.322. The number of aromatic nitrogens is 2. The van der Waals surface area contributed by atoms with Crippen molar-refractivity contribution in [1.29, 1.82) is 0 Å². The maximum atomic E-state index is 10.7. The number of thioether (sulfide) groups is 1. The van der Waals surface area contributed by atoms with E-state index in [9.17, 15) is 10.1 Å². The van der Waals surface area contributed by atoms with Crippen molar-refractivity contribution in [3.05, 3.63) is 38.3 Å². The lowest BCUT2D eigenvalue weighted by Gasteiger charge is -2.07. The minimum Gasteiger partial charge on any atom is -0.366 e. The Kier molecular flexibility index (Phi) is 5.08. The molecule has 0 amide bonds. The maximum absolute atomic E-state index is 10.7. The normalized spacial score (nSPS) is 14.6. The summed E-state index contributed by atoms with van der Waals surface area (Å²) in [6.07, 6.45) is 2.12. The first-order valence-corrected chi connectivity index (χ1v) is 7.74. The number of imidazole rings is 1. The number of nitro groups is 1. The van der Waals surface area contributed by atoms with Gasteiger partial charge in [-0.3, -0.25) is 10.1 Å². The van der Waals surface area contributed by atoms with Crippen molar-refractivity contribution < 1.29 is 4.92 Å². The molecule has 0 aromatic carbocycles. The first-order valence-electron chi connectivity index (χ1n) is 5.79. The highest BCUT2D eigenvalue weighted by Crippen LogP contribution is 2.17. The molecule has 2 heterocycles. The summed E-state index contributed by atoms with van der Waals surface area (Å²) in [5, 5.41) is 16.8. The van der Waals surface area contributed by atoms with Gasteiger partial charge < -0.3 is 15.6 Å². The van der Waals surface area contributed by atoms with Crippen molar-refractivity contribution in [2.75, 3.05) is 18.8 Å². The van der Waals surface area contributed by atoms with Crippen LogP contribution in [-0.4, -0.2) is 33.7 Å². The van der Waals surface area contributed by atoms with Crippen LogP contribution in [-0.2, 0) is 5.75 Å². The number of hydrogen-bond donors (Lipinski definition) is 3. The van der Waals surface area contributed by atoms with Gasteiger partial charge in [0, 0.05) is 24.6 Å². The predicted molar refractivity (Wildman–Crippen MR) is 77.1 cm³/mol. The Labute approximate surface area is 122 Å². The number of hydrogen-bond acceptors (Lipinski definition) is 6. The van der Waals surface area contributed by atoms with Crippen LogP contribution in [0, 0.1) is 10.1 Å². The van der Waals surface area contributed by atoms with Crippen molar-refractivity contribution in [3.63, 3.8) is 0 Å². The van der Waals surface area contributed by atoms with Crippen LogP contribution in [0.25, 0.3) is 0 Å². The molecule has 9 heteroatoms. The standard InChI is InChI=1S/C10H14BrN5O2S/c11-9-7(14-6-15-9)5-19-4-3-13-10-8(16(17)18)1-2-12-10/h6,12-13H,1-5H2,(H,14,15). The zero-order chi connectivity index (χ0) is 13.7. The number of halogens is 1. The lowest BCUT2D eigenvalue weighted by atomic mass is 10.4. The van der Waals surface area contributed by atoms with Gasteiger partial charge in [-0.1, -0.05) is 0 Å². The van der Waals surface area contributed by atoms with Gasteiger partial charge in [0.2, 0.25) is 0 Å². The Morgan fingerprint density at radius 1 is 1.63 bits per heavy atom. The highest BCUT2D eigenvalue weighted by atomic mass is 79.9. The number of aromatic amines is 1. The van der Waals surface area contributed by atoms with Crippen molar-refractivity contribution in [1.82, 2.24) is 20.6 Å². The number of nitrogens with one attached hydrogen (secondary N) is 3. The summed E-state index contributed by atoms with van der Waals surface area (Å²) in [5.74, 6) is 2.26. The van der Waals surface area contributed by atoms with Gasteiger partial charge in [0.25, 0.3) is 5.70 Å². The van der Waals surface area contributed by atoms with E-state index in [-0.39, 0.29) is 10.6 Å². The SMILES string of the molecule is O=[N+]([O-])C1=C(NCCSCc2[nH]cnc2Br)NCC1. The third-order valence-corrected chi connectivity index (χ3v) is 4.30. The summed E-state index contributed by atoms with van der Waals surface area (Å²) in [6, 6.07) is 0. The van der Waals surface area contributed by atoms with E-state index in [1.54, 1.807) is 18.1 Å². The topological polar surface area (TPSA) is 95.9 Å². The molecular weight excluding hydrogens is 334 g/mol. The molecule has 0 saturated carbocycles. The van der Waals surface area contributed by atoms with Crippen molar-refractivity contribution in [2.24, 2.45) is 0 Å². The van der Waals surface area contributed by atoms with Crippen molar-refractivity contribution in [3.8, 4) is 0 Å². The second-order valence-electron chi connectivity index (χ2n) is 3.91. The molecule has 0 saturated heterocycles. The van der Waals surface area contributed by atoms with Crippen LogP contribution >= 0.6 is 27.7 Å². The van der Waals surface area contributed by atoms with Crippen molar-refractivity contribution >= 4 is 27.7 Å². The molecule has 2 rings (SSSR count). The van der Waals surface area contributed by atoms with Crippen LogP contribution in [0.4, 0.5) is 0 Å². The van der Waals surface area contributed by atoms with Crippen LogP contribution in [0.3, 0.4) is 0 Å². The summed E-state index contributed by atoms with van der Waals surface area (Å²) in [4.78, 5) is 17.5. The molecule has 0 radical (unpaired) electrons. The molecule has 104 valence electrons. The van der Waals surface area contributed by atoms with E-state index >= 15 is 0 Å². The van der Waals surface area contributed by atoms with E-state index in [4.69, 9.17) is 0 Å². The fraction of sp³-hybridized carbons (Fsp3) is 0.500. The van der Waals surface area contributed by atoms with Gasteiger partial charge in [0.05, 0.1) is 23.4 Å². The Balaban J connectivity index is 1.68. The molecule has 1 aliphatic heterocycles. The van der Waals surface area contributed by atoms with E-state index in [2.05, 4.69) is 36.5 Å².